The van der Waals surface area contributed by atoms with Gasteiger partial charge < -0.3 is 27.7 Å². The third-order valence-electron chi connectivity index (χ3n) is 12.0. The van der Waals surface area contributed by atoms with E-state index in [1.807, 2.05) is 81.2 Å². The molecule has 20 heteroatoms. The van der Waals surface area contributed by atoms with Crippen molar-refractivity contribution in [1.29, 1.82) is 0 Å². The van der Waals surface area contributed by atoms with Crippen LogP contribution in [0.25, 0.3) is 34.2 Å². The standard InChI is InChI=1S/2C24H21BrF3N5O/c2*1-14-11-33(13-29-14)21-8-7-19(31-23(21)34-2)20-12-32-9-3-4-17(22(32)30-20)16-6-5-15(25)10-18(16)24(26,27)28/h2*5-8,10-13,17H,3-4,9H2,1-2H3/t2*17-/m10/s1. The third-order valence-corrected chi connectivity index (χ3v) is 13.0. The van der Waals surface area contributed by atoms with Gasteiger partial charge in [-0.25, -0.2) is 29.9 Å². The van der Waals surface area contributed by atoms with Crippen LogP contribution in [0.3, 0.4) is 0 Å². The van der Waals surface area contributed by atoms with Gasteiger partial charge in [0.05, 0.1) is 60.8 Å². The van der Waals surface area contributed by atoms with Gasteiger partial charge >= 0.3 is 12.4 Å². The van der Waals surface area contributed by atoms with E-state index < -0.39 is 35.3 Å². The van der Waals surface area contributed by atoms with Crippen molar-refractivity contribution in [3.8, 4) is 45.9 Å². The van der Waals surface area contributed by atoms with Crippen molar-refractivity contribution in [2.24, 2.45) is 0 Å². The van der Waals surface area contributed by atoms with E-state index in [4.69, 9.17) is 19.4 Å². The summed E-state index contributed by atoms with van der Waals surface area (Å²) in [5.74, 6) is 1.13. The minimum absolute atomic E-state index is 0.241. The SMILES string of the molecule is COc1nc(-c2cn3c(n2)[C@@H](c2ccc(Br)cc2C(F)(F)F)CCC3)ccc1-n1cnc(C)c1.COc1nc(-c2cn3c(n2)[C@H](c2ccc(Br)cc2C(F)(F)F)CCC3)ccc1-n1cnc(C)c1. The normalized spacial score (nSPS) is 15.9. The van der Waals surface area contributed by atoms with Gasteiger partial charge in [0.1, 0.15) is 34.4 Å². The van der Waals surface area contributed by atoms with Gasteiger partial charge in [-0.15, -0.1) is 0 Å². The molecule has 12 nitrogen and oxygen atoms in total. The lowest BCUT2D eigenvalue weighted by Gasteiger charge is -2.26. The fraction of sp³-hybridized carbons (Fsp3) is 0.292. The van der Waals surface area contributed by atoms with E-state index in [-0.39, 0.29) is 11.1 Å². The van der Waals surface area contributed by atoms with Crippen molar-refractivity contribution in [2.75, 3.05) is 14.2 Å². The van der Waals surface area contributed by atoms with Gasteiger partial charge in [0, 0.05) is 58.7 Å². The van der Waals surface area contributed by atoms with Crippen LogP contribution in [0.15, 0.2) is 107 Å². The van der Waals surface area contributed by atoms with Gasteiger partial charge in [0.2, 0.25) is 11.8 Å². The predicted molar refractivity (Wildman–Crippen MR) is 248 cm³/mol. The van der Waals surface area contributed by atoms with Gasteiger partial charge in [-0.3, -0.25) is 0 Å². The summed E-state index contributed by atoms with van der Waals surface area (Å²) in [5, 5.41) is 0. The minimum atomic E-state index is -4.45. The van der Waals surface area contributed by atoms with Crippen molar-refractivity contribution >= 4 is 31.9 Å². The molecule has 2 atom stereocenters. The molecule has 2 aliphatic heterocycles. The van der Waals surface area contributed by atoms with Crippen LogP contribution in [-0.4, -0.2) is 62.4 Å². The Balaban J connectivity index is 0.000000170. The van der Waals surface area contributed by atoms with Crippen molar-refractivity contribution < 1.29 is 35.8 Å². The molecule has 0 saturated heterocycles. The molecule has 68 heavy (non-hydrogen) atoms. The Labute approximate surface area is 403 Å². The number of aromatic nitrogens is 10. The van der Waals surface area contributed by atoms with Crippen molar-refractivity contribution in [3.63, 3.8) is 0 Å². The fourth-order valence-corrected chi connectivity index (χ4v) is 9.63. The molecular weight excluding hydrogens is 1020 g/mol. The van der Waals surface area contributed by atoms with E-state index in [2.05, 4.69) is 51.8 Å². The zero-order valence-electron chi connectivity index (χ0n) is 36.9. The Hall–Kier alpha value is -6.28. The number of rotatable bonds is 8. The summed E-state index contributed by atoms with van der Waals surface area (Å²) in [7, 11) is 3.08. The number of pyridine rings is 2. The zero-order chi connectivity index (χ0) is 48.1. The predicted octanol–water partition coefficient (Wildman–Crippen LogP) is 12.3. The van der Waals surface area contributed by atoms with Gasteiger partial charge in [0.15, 0.2) is 0 Å². The molecule has 2 aromatic carbocycles. The average Bonchev–Trinajstić information content (AvgIpc) is 4.15. The molecule has 8 heterocycles. The van der Waals surface area contributed by atoms with Crippen molar-refractivity contribution in [2.45, 2.75) is 76.8 Å². The Bertz CT molecular complexity index is 2930. The number of methoxy groups -OCH3 is 2. The molecule has 10 rings (SSSR count). The van der Waals surface area contributed by atoms with Gasteiger partial charge in [0.25, 0.3) is 0 Å². The van der Waals surface area contributed by atoms with Crippen LogP contribution in [0.4, 0.5) is 26.3 Å². The maximum Gasteiger partial charge on any atom is 0.416 e. The van der Waals surface area contributed by atoms with Crippen LogP contribution in [0.1, 0.15) is 82.8 Å². The number of imidazole rings is 4. The molecule has 0 fully saturated rings. The summed E-state index contributed by atoms with van der Waals surface area (Å²) in [6.45, 7) is 5.18. The number of benzene rings is 2. The summed E-state index contributed by atoms with van der Waals surface area (Å²) >= 11 is 6.34. The van der Waals surface area contributed by atoms with Crippen LogP contribution in [0.5, 0.6) is 11.8 Å². The van der Waals surface area contributed by atoms with E-state index >= 15 is 0 Å². The second-order valence-electron chi connectivity index (χ2n) is 16.5. The topological polar surface area (TPSA) is 116 Å². The first-order chi connectivity index (χ1) is 32.5. The number of fused-ring (bicyclic) bond motifs is 2. The number of hydrogen-bond donors (Lipinski definition) is 0. The van der Waals surface area contributed by atoms with E-state index in [0.29, 0.717) is 81.1 Å². The second kappa shape index (κ2) is 18.7. The Morgan fingerprint density at radius 1 is 0.544 bits per heavy atom. The van der Waals surface area contributed by atoms with Crippen molar-refractivity contribution in [1.82, 2.24) is 48.2 Å². The molecule has 0 saturated carbocycles. The summed E-state index contributed by atoms with van der Waals surface area (Å²) in [6.07, 6.45) is 4.63. The first-order valence-corrected chi connectivity index (χ1v) is 23.1. The van der Waals surface area contributed by atoms with Crippen LogP contribution in [-0.2, 0) is 25.4 Å². The number of nitrogens with zero attached hydrogens (tertiary/aromatic N) is 10. The molecule has 0 spiro atoms. The van der Waals surface area contributed by atoms with Crippen LogP contribution < -0.4 is 9.47 Å². The molecule has 8 aromatic rings. The van der Waals surface area contributed by atoms with Crippen LogP contribution in [0.2, 0.25) is 0 Å². The molecule has 0 N–H and O–H groups in total. The zero-order valence-corrected chi connectivity index (χ0v) is 40.1. The van der Waals surface area contributed by atoms with E-state index in [0.717, 1.165) is 47.7 Å². The fourth-order valence-electron chi connectivity index (χ4n) is 8.91. The first kappa shape index (κ1) is 46.8. The maximum absolute atomic E-state index is 13.8. The highest BCUT2D eigenvalue weighted by Gasteiger charge is 2.39. The van der Waals surface area contributed by atoms with Crippen LogP contribution in [0, 0.1) is 13.8 Å². The molecule has 0 bridgehead atoms. The highest BCUT2D eigenvalue weighted by molar-refractivity contribution is 9.10. The summed E-state index contributed by atoms with van der Waals surface area (Å²) in [6, 6.07) is 16.1. The van der Waals surface area contributed by atoms with Crippen molar-refractivity contribution in [3.05, 3.63) is 152 Å². The lowest BCUT2D eigenvalue weighted by Crippen LogP contribution is -2.20. The number of halogens is 8. The van der Waals surface area contributed by atoms with E-state index in [1.54, 1.807) is 51.1 Å². The third kappa shape index (κ3) is 9.44. The first-order valence-electron chi connectivity index (χ1n) is 21.5. The summed E-state index contributed by atoms with van der Waals surface area (Å²) in [4.78, 5) is 27.2. The highest BCUT2D eigenvalue weighted by atomic mass is 79.9. The number of aryl methyl sites for hydroxylation is 4. The monoisotopic (exact) mass is 1060 g/mol. The molecule has 2 aliphatic rings. The summed E-state index contributed by atoms with van der Waals surface area (Å²) in [5.41, 5.74) is 4.78. The smallest absolute Gasteiger partial charge is 0.416 e. The van der Waals surface area contributed by atoms with Gasteiger partial charge in [-0.1, -0.05) is 44.0 Å². The molecular formula is C48H42Br2F6N10O2. The Morgan fingerprint density at radius 2 is 0.956 bits per heavy atom. The second-order valence-corrected chi connectivity index (χ2v) is 18.3. The maximum atomic E-state index is 13.8. The van der Waals surface area contributed by atoms with Crippen LogP contribution >= 0.6 is 31.9 Å². The molecule has 6 aromatic heterocycles. The molecule has 0 amide bonds. The Kier molecular flexibility index (Phi) is 12.8. The van der Waals surface area contributed by atoms with E-state index in [9.17, 15) is 26.3 Å². The molecule has 0 aliphatic carbocycles. The number of ether oxygens (including phenoxy) is 2. The summed E-state index contributed by atoms with van der Waals surface area (Å²) < 4.78 is 102. The highest BCUT2D eigenvalue weighted by Crippen LogP contribution is 2.44. The lowest BCUT2D eigenvalue weighted by molar-refractivity contribution is -0.139. The quantitative estimate of drug-likeness (QED) is 0.138. The lowest BCUT2D eigenvalue weighted by atomic mass is 9.87. The van der Waals surface area contributed by atoms with E-state index in [1.165, 1.54) is 0 Å². The molecule has 352 valence electrons. The Morgan fingerprint density at radius 3 is 1.31 bits per heavy atom. The molecule has 0 unspecified atom stereocenters. The largest absolute Gasteiger partial charge is 0.479 e. The van der Waals surface area contributed by atoms with Gasteiger partial charge in [-0.2, -0.15) is 26.3 Å². The number of hydrogen-bond acceptors (Lipinski definition) is 8. The minimum Gasteiger partial charge on any atom is -0.479 e. The number of alkyl halides is 6. The molecule has 0 radical (unpaired) electrons. The van der Waals surface area contributed by atoms with Gasteiger partial charge in [-0.05, 0) is 99.2 Å². The average molecular weight is 1060 g/mol.